The molecular weight excluding hydrogens is 320 g/mol. The molecule has 0 saturated carbocycles. The maximum absolute atomic E-state index is 12.3. The van der Waals surface area contributed by atoms with Crippen LogP contribution in [0.15, 0.2) is 24.3 Å². The van der Waals surface area contributed by atoms with Crippen LogP contribution in [0.25, 0.3) is 0 Å². The number of piperazine rings is 1. The Morgan fingerprint density at radius 3 is 2.56 bits per heavy atom. The van der Waals surface area contributed by atoms with E-state index < -0.39 is 0 Å². The van der Waals surface area contributed by atoms with E-state index in [1.54, 1.807) is 28.0 Å². The lowest BCUT2D eigenvalue weighted by Crippen LogP contribution is -2.50. The Morgan fingerprint density at radius 2 is 1.88 bits per heavy atom. The van der Waals surface area contributed by atoms with Crippen LogP contribution >= 0.6 is 0 Å². The fraction of sp³-hybridized carbons (Fsp3) is 0.500. The minimum Gasteiger partial charge on any atom is -0.343 e. The van der Waals surface area contributed by atoms with E-state index in [2.05, 4.69) is 10.2 Å². The van der Waals surface area contributed by atoms with Gasteiger partial charge in [-0.3, -0.25) is 14.4 Å². The summed E-state index contributed by atoms with van der Waals surface area (Å²) in [5.74, 6) is -0.272. The largest absolute Gasteiger partial charge is 0.343 e. The molecule has 1 aromatic rings. The summed E-state index contributed by atoms with van der Waals surface area (Å²) in [5, 5.41) is 2.69. The van der Waals surface area contributed by atoms with Gasteiger partial charge in [-0.05, 0) is 31.7 Å². The number of rotatable bonds is 4. The molecule has 0 atom stereocenters. The van der Waals surface area contributed by atoms with Gasteiger partial charge in [-0.25, -0.2) is 0 Å². The van der Waals surface area contributed by atoms with Crippen molar-refractivity contribution in [2.24, 2.45) is 0 Å². The number of nitrogens with one attached hydrogen (secondary N) is 1. The number of hydrogen-bond donors (Lipinski definition) is 1. The third-order valence-electron chi connectivity index (χ3n) is 4.75. The Balaban J connectivity index is 1.56. The van der Waals surface area contributed by atoms with Crippen molar-refractivity contribution in [2.45, 2.75) is 12.8 Å². The van der Waals surface area contributed by atoms with Crippen molar-refractivity contribution in [1.29, 1.82) is 0 Å². The third kappa shape index (κ3) is 4.17. The Morgan fingerprint density at radius 1 is 1.12 bits per heavy atom. The Hall–Kier alpha value is -2.41. The first-order valence-electron chi connectivity index (χ1n) is 8.69. The molecular formula is C18H24N4O3. The molecule has 1 aromatic carbocycles. The summed E-state index contributed by atoms with van der Waals surface area (Å²) in [6.45, 7) is 3.77. The van der Waals surface area contributed by atoms with Crippen molar-refractivity contribution in [3.8, 4) is 0 Å². The van der Waals surface area contributed by atoms with Crippen molar-refractivity contribution in [3.05, 3.63) is 29.8 Å². The van der Waals surface area contributed by atoms with Crippen LogP contribution in [-0.4, -0.2) is 73.8 Å². The van der Waals surface area contributed by atoms with Crippen LogP contribution in [-0.2, 0) is 9.59 Å². The first-order valence-corrected chi connectivity index (χ1v) is 8.69. The second-order valence-corrected chi connectivity index (χ2v) is 6.57. The molecule has 0 unspecified atom stereocenters. The van der Waals surface area contributed by atoms with Gasteiger partial charge in [0, 0.05) is 50.4 Å². The molecule has 25 heavy (non-hydrogen) atoms. The van der Waals surface area contributed by atoms with Gasteiger partial charge in [-0.1, -0.05) is 6.07 Å². The summed E-state index contributed by atoms with van der Waals surface area (Å²) < 4.78 is 0. The molecule has 2 saturated heterocycles. The third-order valence-corrected chi connectivity index (χ3v) is 4.75. The van der Waals surface area contributed by atoms with Gasteiger partial charge >= 0.3 is 0 Å². The van der Waals surface area contributed by atoms with Crippen LogP contribution in [0.3, 0.4) is 0 Å². The van der Waals surface area contributed by atoms with E-state index in [0.717, 1.165) is 25.2 Å². The number of hydrogen-bond acceptors (Lipinski definition) is 4. The second-order valence-electron chi connectivity index (χ2n) is 6.57. The highest BCUT2D eigenvalue weighted by Crippen LogP contribution is 2.22. The lowest BCUT2D eigenvalue weighted by molar-refractivity contribution is -0.131. The minimum absolute atomic E-state index is 0.00454. The molecule has 0 aliphatic carbocycles. The lowest BCUT2D eigenvalue weighted by atomic mass is 10.1. The summed E-state index contributed by atoms with van der Waals surface area (Å²) in [4.78, 5) is 42.0. The molecule has 7 heteroatoms. The Bertz CT molecular complexity index is 668. The number of carbonyl (C=O) groups excluding carboxylic acids is 3. The SMILES string of the molecule is CN1CCN(C(=O)CNC(=O)c2cccc(N3CCCC3=O)c2)CC1. The predicted molar refractivity (Wildman–Crippen MR) is 94.4 cm³/mol. The van der Waals surface area contributed by atoms with Crippen molar-refractivity contribution in [2.75, 3.05) is 51.2 Å². The fourth-order valence-electron chi connectivity index (χ4n) is 3.16. The van der Waals surface area contributed by atoms with Crippen LogP contribution in [0.4, 0.5) is 5.69 Å². The van der Waals surface area contributed by atoms with E-state index in [4.69, 9.17) is 0 Å². The van der Waals surface area contributed by atoms with Gasteiger partial charge in [0.1, 0.15) is 0 Å². The smallest absolute Gasteiger partial charge is 0.251 e. The molecule has 3 rings (SSSR count). The van der Waals surface area contributed by atoms with E-state index in [1.165, 1.54) is 0 Å². The zero-order chi connectivity index (χ0) is 17.8. The molecule has 0 radical (unpaired) electrons. The molecule has 2 aliphatic heterocycles. The highest BCUT2D eigenvalue weighted by Gasteiger charge is 2.23. The fourth-order valence-corrected chi connectivity index (χ4v) is 3.16. The average Bonchev–Trinajstić information content (AvgIpc) is 3.06. The standard InChI is InChI=1S/C18H24N4O3/c1-20-8-10-21(11-9-20)17(24)13-19-18(25)14-4-2-5-15(12-14)22-7-3-6-16(22)23/h2,4-5,12H,3,6-11,13H2,1H3,(H,19,25). The normalized spacial score (nSPS) is 18.5. The number of amides is 3. The molecule has 0 aromatic heterocycles. The van der Waals surface area contributed by atoms with Crippen LogP contribution in [0.5, 0.6) is 0 Å². The lowest BCUT2D eigenvalue weighted by Gasteiger charge is -2.32. The van der Waals surface area contributed by atoms with E-state index in [9.17, 15) is 14.4 Å². The van der Waals surface area contributed by atoms with E-state index in [0.29, 0.717) is 31.6 Å². The Kier molecular flexibility index (Phi) is 5.33. The molecule has 0 bridgehead atoms. The van der Waals surface area contributed by atoms with Gasteiger partial charge in [0.15, 0.2) is 0 Å². The topological polar surface area (TPSA) is 73.0 Å². The van der Waals surface area contributed by atoms with Gasteiger partial charge in [-0.2, -0.15) is 0 Å². The van der Waals surface area contributed by atoms with Crippen molar-refractivity contribution < 1.29 is 14.4 Å². The number of anilines is 1. The van der Waals surface area contributed by atoms with Crippen molar-refractivity contribution in [3.63, 3.8) is 0 Å². The molecule has 3 amide bonds. The summed E-state index contributed by atoms with van der Waals surface area (Å²) in [6, 6.07) is 6.99. The minimum atomic E-state index is -0.295. The van der Waals surface area contributed by atoms with Crippen molar-refractivity contribution in [1.82, 2.24) is 15.1 Å². The maximum Gasteiger partial charge on any atom is 0.251 e. The first kappa shape index (κ1) is 17.4. The van der Waals surface area contributed by atoms with Crippen LogP contribution < -0.4 is 10.2 Å². The van der Waals surface area contributed by atoms with Crippen LogP contribution in [0.2, 0.25) is 0 Å². The number of nitrogens with zero attached hydrogens (tertiary/aromatic N) is 3. The summed E-state index contributed by atoms with van der Waals surface area (Å²) in [7, 11) is 2.03. The van der Waals surface area contributed by atoms with Crippen LogP contribution in [0, 0.1) is 0 Å². The second kappa shape index (κ2) is 7.65. The molecule has 2 fully saturated rings. The van der Waals surface area contributed by atoms with Gasteiger partial charge in [-0.15, -0.1) is 0 Å². The van der Waals surface area contributed by atoms with Gasteiger partial charge < -0.3 is 20.0 Å². The molecule has 2 heterocycles. The predicted octanol–water partition coefficient (Wildman–Crippen LogP) is 0.317. The summed E-state index contributed by atoms with van der Waals surface area (Å²) >= 11 is 0. The molecule has 134 valence electrons. The van der Waals surface area contributed by atoms with Crippen molar-refractivity contribution >= 4 is 23.4 Å². The van der Waals surface area contributed by atoms with E-state index in [1.807, 2.05) is 13.1 Å². The zero-order valence-electron chi connectivity index (χ0n) is 14.5. The highest BCUT2D eigenvalue weighted by molar-refractivity contribution is 6.00. The average molecular weight is 344 g/mol. The highest BCUT2D eigenvalue weighted by atomic mass is 16.2. The maximum atomic E-state index is 12.3. The summed E-state index contributed by atoms with van der Waals surface area (Å²) in [5.41, 5.74) is 1.20. The molecule has 2 aliphatic rings. The van der Waals surface area contributed by atoms with Gasteiger partial charge in [0.2, 0.25) is 11.8 Å². The number of likely N-dealkylation sites (N-methyl/N-ethyl adjacent to an activating group) is 1. The summed E-state index contributed by atoms with van der Waals surface area (Å²) in [6.07, 6.45) is 1.39. The van der Waals surface area contributed by atoms with Gasteiger partial charge in [0.05, 0.1) is 6.54 Å². The monoisotopic (exact) mass is 344 g/mol. The molecule has 7 nitrogen and oxygen atoms in total. The number of carbonyl (C=O) groups is 3. The van der Waals surface area contributed by atoms with Crippen LogP contribution in [0.1, 0.15) is 23.2 Å². The Labute approximate surface area is 147 Å². The van der Waals surface area contributed by atoms with E-state index in [-0.39, 0.29) is 24.3 Å². The van der Waals surface area contributed by atoms with Gasteiger partial charge in [0.25, 0.3) is 5.91 Å². The van der Waals surface area contributed by atoms with E-state index >= 15 is 0 Å². The zero-order valence-corrected chi connectivity index (χ0v) is 14.5. The first-order chi connectivity index (χ1) is 12.0. The molecule has 1 N–H and O–H groups in total. The molecule has 0 spiro atoms. The number of benzene rings is 1. The quantitative estimate of drug-likeness (QED) is 0.854.